The van der Waals surface area contributed by atoms with Crippen molar-refractivity contribution in [1.29, 1.82) is 0 Å². The number of allylic oxidation sites excluding steroid dienone is 1. The Morgan fingerprint density at radius 3 is 2.45 bits per heavy atom. The van der Waals surface area contributed by atoms with E-state index in [1.54, 1.807) is 18.4 Å². The fraction of sp³-hybridized carbons (Fsp3) is 0.286. The van der Waals surface area contributed by atoms with Gasteiger partial charge in [-0.25, -0.2) is 9.79 Å². The van der Waals surface area contributed by atoms with E-state index in [1.807, 2.05) is 79.7 Å². The summed E-state index contributed by atoms with van der Waals surface area (Å²) < 4.78 is 19.4. The number of hydrogen-bond donors (Lipinski definition) is 0. The number of ether oxygens (including phenoxy) is 3. The molecule has 1 aromatic heterocycles. The highest BCUT2D eigenvalue weighted by atomic mass is 35.5. The summed E-state index contributed by atoms with van der Waals surface area (Å²) in [6.07, 6.45) is 1.81. The predicted molar refractivity (Wildman–Crippen MR) is 174 cm³/mol. The van der Waals surface area contributed by atoms with Crippen LogP contribution in [0.2, 0.25) is 5.02 Å². The number of nitrogens with zero attached hydrogens (tertiary/aromatic N) is 2. The monoisotopic (exact) mass is 630 g/mol. The molecule has 1 aliphatic heterocycles. The Bertz CT molecular complexity index is 1890. The van der Waals surface area contributed by atoms with Crippen LogP contribution in [0.3, 0.4) is 0 Å². The van der Waals surface area contributed by atoms with Gasteiger partial charge in [0.25, 0.3) is 5.56 Å². The molecule has 0 aliphatic carbocycles. The van der Waals surface area contributed by atoms with Crippen LogP contribution in [0, 0.1) is 0 Å². The zero-order valence-electron chi connectivity index (χ0n) is 25.4. The molecule has 3 aromatic carbocycles. The quantitative estimate of drug-likeness (QED) is 0.186. The van der Waals surface area contributed by atoms with Crippen molar-refractivity contribution in [3.05, 3.63) is 125 Å². The van der Waals surface area contributed by atoms with E-state index in [2.05, 4.69) is 18.8 Å². The topological polar surface area (TPSA) is 79.1 Å². The smallest absolute Gasteiger partial charge is 0.338 e. The van der Waals surface area contributed by atoms with Crippen molar-refractivity contribution in [2.24, 2.45) is 4.99 Å². The number of thiazole rings is 1. The number of carbonyl (C=O) groups is 1. The third kappa shape index (κ3) is 6.51. The Labute approximate surface area is 265 Å². The van der Waals surface area contributed by atoms with Crippen LogP contribution in [0.1, 0.15) is 68.8 Å². The Balaban J connectivity index is 1.56. The molecule has 2 heterocycles. The predicted octanol–water partition coefficient (Wildman–Crippen LogP) is 6.55. The molecule has 0 spiro atoms. The van der Waals surface area contributed by atoms with Gasteiger partial charge < -0.3 is 14.2 Å². The molecule has 0 bridgehead atoms. The van der Waals surface area contributed by atoms with E-state index in [4.69, 9.17) is 25.8 Å². The van der Waals surface area contributed by atoms with Gasteiger partial charge in [-0.05, 0) is 67.7 Å². The van der Waals surface area contributed by atoms with E-state index in [1.165, 1.54) is 16.9 Å². The Morgan fingerprint density at radius 1 is 1.02 bits per heavy atom. The first-order valence-electron chi connectivity index (χ1n) is 14.6. The second kappa shape index (κ2) is 13.7. The van der Waals surface area contributed by atoms with Crippen molar-refractivity contribution in [3.63, 3.8) is 0 Å². The molecule has 0 amide bonds. The summed E-state index contributed by atoms with van der Waals surface area (Å²) in [5, 5.41) is 0.632. The van der Waals surface area contributed by atoms with Gasteiger partial charge in [0.05, 0.1) is 35.1 Å². The van der Waals surface area contributed by atoms with E-state index in [0.717, 1.165) is 16.7 Å². The molecule has 228 valence electrons. The number of benzene rings is 3. The number of esters is 1. The summed E-state index contributed by atoms with van der Waals surface area (Å²) in [5.74, 6) is 1.01. The SMILES string of the molecule is CCOC(=O)C1=C(C)N=c2s/c(=C\c3ccc(OCc4ccccc4Cl)c(OCC)c3)c(=O)n2[C@H]1c1ccc(C(C)C)cc1. The van der Waals surface area contributed by atoms with Gasteiger partial charge in [0, 0.05) is 10.6 Å². The second-order valence-corrected chi connectivity index (χ2v) is 12.1. The fourth-order valence-electron chi connectivity index (χ4n) is 5.09. The minimum absolute atomic E-state index is 0.222. The fourth-order valence-corrected chi connectivity index (χ4v) is 6.33. The largest absolute Gasteiger partial charge is 0.490 e. The first kappa shape index (κ1) is 31.3. The molecular weight excluding hydrogens is 596 g/mol. The third-order valence-electron chi connectivity index (χ3n) is 7.34. The third-order valence-corrected chi connectivity index (χ3v) is 8.69. The average Bonchev–Trinajstić information content (AvgIpc) is 3.30. The highest BCUT2D eigenvalue weighted by molar-refractivity contribution is 7.07. The molecule has 1 aliphatic rings. The van der Waals surface area contributed by atoms with Crippen molar-refractivity contribution in [2.75, 3.05) is 13.2 Å². The lowest BCUT2D eigenvalue weighted by molar-refractivity contribution is -0.139. The molecule has 0 saturated heterocycles. The molecule has 0 saturated carbocycles. The maximum Gasteiger partial charge on any atom is 0.338 e. The summed E-state index contributed by atoms with van der Waals surface area (Å²) in [5.41, 5.74) is 4.28. The van der Waals surface area contributed by atoms with Gasteiger partial charge in [0.15, 0.2) is 16.3 Å². The molecule has 0 N–H and O–H groups in total. The minimum Gasteiger partial charge on any atom is -0.490 e. The summed E-state index contributed by atoms with van der Waals surface area (Å²) in [4.78, 5) is 32.4. The number of halogens is 1. The van der Waals surface area contributed by atoms with Crippen LogP contribution in [0.25, 0.3) is 6.08 Å². The molecule has 9 heteroatoms. The van der Waals surface area contributed by atoms with Crippen molar-refractivity contribution >= 4 is 35.0 Å². The molecule has 44 heavy (non-hydrogen) atoms. The Hall–Kier alpha value is -4.14. The van der Waals surface area contributed by atoms with Crippen LogP contribution in [0.15, 0.2) is 87.8 Å². The van der Waals surface area contributed by atoms with Crippen LogP contribution in [0.4, 0.5) is 0 Å². The second-order valence-electron chi connectivity index (χ2n) is 10.6. The summed E-state index contributed by atoms with van der Waals surface area (Å²) in [6.45, 7) is 10.7. The van der Waals surface area contributed by atoms with Gasteiger partial charge in [-0.15, -0.1) is 0 Å². The lowest BCUT2D eigenvalue weighted by atomic mass is 9.93. The number of rotatable bonds is 10. The molecule has 5 rings (SSSR count). The van der Waals surface area contributed by atoms with E-state index < -0.39 is 12.0 Å². The zero-order chi connectivity index (χ0) is 31.4. The van der Waals surface area contributed by atoms with E-state index in [-0.39, 0.29) is 18.8 Å². The summed E-state index contributed by atoms with van der Waals surface area (Å²) in [6, 6.07) is 20.5. The average molecular weight is 631 g/mol. The minimum atomic E-state index is -0.659. The van der Waals surface area contributed by atoms with E-state index in [9.17, 15) is 9.59 Å². The van der Waals surface area contributed by atoms with Gasteiger partial charge >= 0.3 is 5.97 Å². The van der Waals surface area contributed by atoms with E-state index in [0.29, 0.717) is 49.7 Å². The van der Waals surface area contributed by atoms with Gasteiger partial charge in [0.2, 0.25) is 0 Å². The highest BCUT2D eigenvalue weighted by Gasteiger charge is 2.33. The number of carbonyl (C=O) groups excluding carboxylic acids is 1. The normalized spacial score (nSPS) is 14.8. The van der Waals surface area contributed by atoms with E-state index >= 15 is 0 Å². The summed E-state index contributed by atoms with van der Waals surface area (Å²) in [7, 11) is 0. The first-order chi connectivity index (χ1) is 21.2. The van der Waals surface area contributed by atoms with Crippen LogP contribution in [-0.2, 0) is 16.1 Å². The van der Waals surface area contributed by atoms with Crippen LogP contribution in [0.5, 0.6) is 11.5 Å². The molecule has 0 radical (unpaired) electrons. The highest BCUT2D eigenvalue weighted by Crippen LogP contribution is 2.32. The number of hydrogen-bond acceptors (Lipinski definition) is 7. The Morgan fingerprint density at radius 2 is 1.77 bits per heavy atom. The zero-order valence-corrected chi connectivity index (χ0v) is 27.0. The van der Waals surface area contributed by atoms with Crippen LogP contribution >= 0.6 is 22.9 Å². The standard InChI is InChI=1S/C35H35ClN2O5S/c1-6-41-29-18-23(12-17-28(29)43-20-26-10-8-9-11-27(26)36)19-30-33(39)38-32(25-15-13-24(14-16-25)21(3)4)31(34(40)42-7-2)22(5)37-35(38)44-30/h8-19,21,32H,6-7,20H2,1-5H3/b30-19-/t32-/m0/s1. The van der Waals surface area contributed by atoms with Gasteiger partial charge in [-0.1, -0.05) is 85.3 Å². The molecular formula is C35H35ClN2O5S. The molecule has 0 fully saturated rings. The van der Waals surface area contributed by atoms with Gasteiger partial charge in [-0.3, -0.25) is 9.36 Å². The van der Waals surface area contributed by atoms with Crippen molar-refractivity contribution < 1.29 is 19.0 Å². The lowest BCUT2D eigenvalue weighted by Gasteiger charge is -2.25. The Kier molecular flexibility index (Phi) is 9.71. The molecule has 1 atom stereocenters. The van der Waals surface area contributed by atoms with Crippen LogP contribution < -0.4 is 24.4 Å². The first-order valence-corrected chi connectivity index (χ1v) is 15.8. The lowest BCUT2D eigenvalue weighted by Crippen LogP contribution is -2.39. The molecule has 4 aromatic rings. The maximum atomic E-state index is 14.0. The maximum absolute atomic E-state index is 14.0. The van der Waals surface area contributed by atoms with Crippen LogP contribution in [-0.4, -0.2) is 23.8 Å². The van der Waals surface area contributed by atoms with Gasteiger partial charge in [0.1, 0.15) is 6.61 Å². The van der Waals surface area contributed by atoms with Crippen molar-refractivity contribution in [1.82, 2.24) is 4.57 Å². The number of aromatic nitrogens is 1. The molecule has 0 unspecified atom stereocenters. The summed E-state index contributed by atoms with van der Waals surface area (Å²) >= 11 is 7.58. The molecule has 7 nitrogen and oxygen atoms in total. The van der Waals surface area contributed by atoms with Crippen molar-refractivity contribution in [3.8, 4) is 11.5 Å². The number of fused-ring (bicyclic) bond motifs is 1. The van der Waals surface area contributed by atoms with Gasteiger partial charge in [-0.2, -0.15) is 0 Å². The van der Waals surface area contributed by atoms with Crippen molar-refractivity contribution in [2.45, 2.75) is 53.2 Å².